The van der Waals surface area contributed by atoms with Gasteiger partial charge >= 0.3 is 5.97 Å². The van der Waals surface area contributed by atoms with Crippen LogP contribution in [0.25, 0.3) is 33.3 Å². The number of amides is 4. The van der Waals surface area contributed by atoms with Crippen LogP contribution < -0.4 is 10.7 Å². The lowest BCUT2D eigenvalue weighted by molar-refractivity contribution is -0.155. The number of fused-ring (bicyclic) bond motifs is 6. The molecule has 0 spiro atoms. The summed E-state index contributed by atoms with van der Waals surface area (Å²) < 4.78 is 14.3. The normalized spacial score (nSPS) is 21.9. The quantitative estimate of drug-likeness (QED) is 0.127. The van der Waals surface area contributed by atoms with E-state index in [0.717, 1.165) is 56.2 Å². The highest BCUT2D eigenvalue weighted by atomic mass is 16.5. The molecule has 3 N–H and O–H groups in total. The molecular formula is C52H67N7O8. The number of benzene rings is 2. The van der Waals surface area contributed by atoms with Crippen LogP contribution in [0.15, 0.2) is 73.4 Å². The molecule has 5 heterocycles. The molecule has 3 aliphatic heterocycles. The summed E-state index contributed by atoms with van der Waals surface area (Å²) in [6, 6.07) is 15.1. The minimum Gasteiger partial charge on any atom is -0.464 e. The zero-order valence-electron chi connectivity index (χ0n) is 40.2. The van der Waals surface area contributed by atoms with Crippen LogP contribution in [-0.2, 0) is 52.8 Å². The second-order valence-corrected chi connectivity index (χ2v) is 19.4. The number of hydrogen-bond donors (Lipinski definition) is 3. The van der Waals surface area contributed by atoms with Crippen molar-refractivity contribution in [2.45, 2.75) is 110 Å². The zero-order chi connectivity index (χ0) is 48.3. The summed E-state index contributed by atoms with van der Waals surface area (Å²) in [6.45, 7) is 16.4. The number of aromatic nitrogens is 2. The Morgan fingerprint density at radius 3 is 2.57 bits per heavy atom. The third-order valence-corrected chi connectivity index (χ3v) is 13.7. The minimum atomic E-state index is -1.09. The highest BCUT2D eigenvalue weighted by molar-refractivity contribution is 5.96. The number of rotatable bonds is 11. The van der Waals surface area contributed by atoms with Gasteiger partial charge in [0.2, 0.25) is 17.7 Å². The van der Waals surface area contributed by atoms with E-state index in [9.17, 15) is 29.1 Å². The third kappa shape index (κ3) is 10.2. The molecule has 15 nitrogen and oxygen atoms in total. The van der Waals surface area contributed by atoms with Gasteiger partial charge in [-0.15, -0.1) is 0 Å². The van der Waals surface area contributed by atoms with Crippen molar-refractivity contribution in [1.29, 1.82) is 0 Å². The molecule has 7 rings (SSSR count). The number of aryl methyl sites for hydroxylation is 1. The first-order chi connectivity index (χ1) is 32.0. The molecule has 2 aromatic carbocycles. The van der Waals surface area contributed by atoms with E-state index in [1.807, 2.05) is 51.1 Å². The first kappa shape index (κ1) is 49.0. The Bertz CT molecular complexity index is 2520. The van der Waals surface area contributed by atoms with Gasteiger partial charge in [-0.25, -0.2) is 5.43 Å². The standard InChI is InChI=1S/C52H67N7O8/c1-10-44(61)58-28-36(25-37(58)29-60)49(63)56(8)46(31(3)4)48(62)54-42-24-33-15-12-16-34(23-33)35-19-20-43-39(26-35)40(47(57(43)11-2)38-17-13-21-53-45(38)32(5)66-9)27-52(6,7)30-67-51(65)41-18-14-22-59(55-41)50(42)64/h10,12-13,15-17,19-21,23,26,31-32,36-37,41-42,46,55,60H,1,11,14,18,22,24-25,27-30H2,2-9H3,(H,54,62)/t32-,36-,37+,41-,42-,46-/m0/s1. The minimum absolute atomic E-state index is 0.0871. The Hall–Kier alpha value is -5.90. The molecule has 0 aliphatic carbocycles. The molecule has 0 unspecified atom stereocenters. The summed E-state index contributed by atoms with van der Waals surface area (Å²) in [5, 5.41) is 15.5. The van der Waals surface area contributed by atoms with Crippen LogP contribution in [0.3, 0.4) is 0 Å². The molecule has 4 amide bonds. The fraction of sp³-hybridized carbons (Fsp3) is 0.500. The van der Waals surface area contributed by atoms with E-state index in [4.69, 9.17) is 14.5 Å². The molecular weight excluding hydrogens is 851 g/mol. The van der Waals surface area contributed by atoms with E-state index in [0.29, 0.717) is 32.4 Å². The maximum atomic E-state index is 14.7. The number of esters is 1. The summed E-state index contributed by atoms with van der Waals surface area (Å²) in [4.78, 5) is 77.5. The molecule has 3 aliphatic rings. The summed E-state index contributed by atoms with van der Waals surface area (Å²) in [7, 11) is 3.25. The van der Waals surface area contributed by atoms with Gasteiger partial charge in [0.05, 0.1) is 42.7 Å². The largest absolute Gasteiger partial charge is 0.464 e. The van der Waals surface area contributed by atoms with Gasteiger partial charge in [-0.3, -0.25) is 34.0 Å². The average Bonchev–Trinajstić information content (AvgIpc) is 3.90. The van der Waals surface area contributed by atoms with Crippen LogP contribution in [-0.4, -0.2) is 124 Å². The van der Waals surface area contributed by atoms with Crippen molar-refractivity contribution in [3.05, 3.63) is 90.3 Å². The van der Waals surface area contributed by atoms with Gasteiger partial charge in [0.1, 0.15) is 18.1 Å². The Morgan fingerprint density at radius 2 is 1.87 bits per heavy atom. The SMILES string of the molecule is C=CC(=O)N1C[C@@H](C(=O)N(C)[C@H](C(=O)N[C@H]2Cc3cccc(c3)-c3ccc4c(c3)c(c(-c3cccnc3[C@H](C)OC)n4CC)CC(C)(C)COC(=O)[C@@H]3CCCN(N3)C2=O)C(C)C)C[C@@H]1CO. The number of pyridine rings is 1. The smallest absolute Gasteiger partial charge is 0.324 e. The molecule has 0 radical (unpaired) electrons. The van der Waals surface area contributed by atoms with E-state index in [-0.39, 0.29) is 56.4 Å². The van der Waals surface area contributed by atoms with Crippen molar-refractivity contribution < 1.29 is 38.6 Å². The van der Waals surface area contributed by atoms with Crippen LogP contribution in [0.5, 0.6) is 0 Å². The molecule has 6 atom stereocenters. The fourth-order valence-electron chi connectivity index (χ4n) is 10.2. The Labute approximate surface area is 393 Å². The van der Waals surface area contributed by atoms with E-state index >= 15 is 0 Å². The van der Waals surface area contributed by atoms with Gasteiger partial charge in [0.15, 0.2) is 0 Å². The number of nitrogens with one attached hydrogen (secondary N) is 2. The number of hydrazine groups is 1. The topological polar surface area (TPSA) is 176 Å². The fourth-order valence-corrected chi connectivity index (χ4v) is 10.2. The van der Waals surface area contributed by atoms with E-state index in [1.54, 1.807) is 20.4 Å². The average molecular weight is 918 g/mol. The van der Waals surface area contributed by atoms with Crippen molar-refractivity contribution in [2.75, 3.05) is 40.5 Å². The lowest BCUT2D eigenvalue weighted by Gasteiger charge is -2.37. The Morgan fingerprint density at radius 1 is 1.10 bits per heavy atom. The van der Waals surface area contributed by atoms with Crippen LogP contribution in [0.4, 0.5) is 0 Å². The molecule has 6 bridgehead atoms. The van der Waals surface area contributed by atoms with Gasteiger partial charge < -0.3 is 34.3 Å². The first-order valence-corrected chi connectivity index (χ1v) is 23.6. The second-order valence-electron chi connectivity index (χ2n) is 19.4. The van der Waals surface area contributed by atoms with Gasteiger partial charge in [-0.1, -0.05) is 64.6 Å². The van der Waals surface area contributed by atoms with Crippen LogP contribution in [0.2, 0.25) is 0 Å². The summed E-state index contributed by atoms with van der Waals surface area (Å²) in [6.07, 6.45) is 4.61. The Balaban J connectivity index is 1.28. The third-order valence-electron chi connectivity index (χ3n) is 13.7. The molecule has 15 heteroatoms. The molecule has 0 saturated carbocycles. The number of carbonyl (C=O) groups excluding carboxylic acids is 5. The number of nitrogens with zero attached hydrogens (tertiary/aromatic N) is 5. The molecule has 2 fully saturated rings. The maximum Gasteiger partial charge on any atom is 0.324 e. The molecule has 2 aromatic heterocycles. The number of ether oxygens (including phenoxy) is 2. The van der Waals surface area contributed by atoms with Crippen molar-refractivity contribution in [3.8, 4) is 22.4 Å². The predicted molar refractivity (Wildman–Crippen MR) is 256 cm³/mol. The number of likely N-dealkylation sites (tertiary alicyclic amines) is 1. The summed E-state index contributed by atoms with van der Waals surface area (Å²) in [5.41, 5.74) is 10.3. The highest BCUT2D eigenvalue weighted by Crippen LogP contribution is 2.42. The lowest BCUT2D eigenvalue weighted by atomic mass is 9.84. The monoisotopic (exact) mass is 918 g/mol. The summed E-state index contributed by atoms with van der Waals surface area (Å²) >= 11 is 0. The van der Waals surface area contributed by atoms with Crippen molar-refractivity contribution in [2.24, 2.45) is 17.3 Å². The zero-order valence-corrected chi connectivity index (χ0v) is 40.2. The van der Waals surface area contributed by atoms with Crippen LogP contribution >= 0.6 is 0 Å². The van der Waals surface area contributed by atoms with Crippen molar-refractivity contribution in [3.63, 3.8) is 0 Å². The van der Waals surface area contributed by atoms with Gasteiger partial charge in [-0.05, 0) is 98.0 Å². The van der Waals surface area contributed by atoms with Gasteiger partial charge in [0.25, 0.3) is 5.91 Å². The van der Waals surface area contributed by atoms with Crippen LogP contribution in [0, 0.1) is 17.3 Å². The van der Waals surface area contributed by atoms with Crippen LogP contribution in [0.1, 0.15) is 83.7 Å². The second kappa shape index (κ2) is 20.5. The predicted octanol–water partition coefficient (Wildman–Crippen LogP) is 5.62. The number of aliphatic hydroxyl groups excluding tert-OH is 1. The molecule has 4 aromatic rings. The maximum absolute atomic E-state index is 14.7. The number of carbonyl (C=O) groups is 5. The highest BCUT2D eigenvalue weighted by Gasteiger charge is 2.43. The molecule has 358 valence electrons. The van der Waals surface area contributed by atoms with Crippen molar-refractivity contribution >= 4 is 40.5 Å². The molecule has 67 heavy (non-hydrogen) atoms. The van der Waals surface area contributed by atoms with E-state index < -0.39 is 53.3 Å². The number of cyclic esters (lactones) is 1. The number of likely N-dealkylation sites (N-methyl/N-ethyl adjacent to an activating group) is 1. The van der Waals surface area contributed by atoms with Crippen molar-refractivity contribution in [1.82, 2.24) is 35.1 Å². The number of hydrogen-bond acceptors (Lipinski definition) is 10. The van der Waals surface area contributed by atoms with E-state index in [1.165, 1.54) is 14.8 Å². The van der Waals surface area contributed by atoms with E-state index in [2.05, 4.69) is 66.9 Å². The number of methoxy groups -OCH3 is 1. The molecule has 2 saturated heterocycles. The number of aliphatic hydroxyl groups is 1. The first-order valence-electron chi connectivity index (χ1n) is 23.6. The van der Waals surface area contributed by atoms with Gasteiger partial charge in [0, 0.05) is 68.3 Å². The lowest BCUT2D eigenvalue weighted by Crippen LogP contribution is -2.62. The summed E-state index contributed by atoms with van der Waals surface area (Å²) in [5.74, 6) is -3.13. The van der Waals surface area contributed by atoms with Gasteiger partial charge in [-0.2, -0.15) is 0 Å². The Kier molecular flexibility index (Phi) is 15.0.